The van der Waals surface area contributed by atoms with Crippen LogP contribution in [0, 0.1) is 23.0 Å². The molecule has 0 radical (unpaired) electrons. The lowest BCUT2D eigenvalue weighted by molar-refractivity contribution is -0.385. The summed E-state index contributed by atoms with van der Waals surface area (Å²) in [6.07, 6.45) is 1.95. The Bertz CT molecular complexity index is 631. The average molecular weight is 336 g/mol. The van der Waals surface area contributed by atoms with Crippen molar-refractivity contribution in [1.29, 1.82) is 0 Å². The van der Waals surface area contributed by atoms with Gasteiger partial charge in [0.05, 0.1) is 9.82 Å². The highest BCUT2D eigenvalue weighted by Crippen LogP contribution is 2.33. The maximum Gasteiger partial charge on any atom is 0.269 e. The van der Waals surface area contributed by atoms with Crippen molar-refractivity contribution in [3.63, 3.8) is 0 Å². The van der Waals surface area contributed by atoms with Crippen molar-refractivity contribution in [2.24, 2.45) is 11.7 Å². The quantitative estimate of drug-likeness (QED) is 0.601. The molecule has 9 heteroatoms. The highest BCUT2D eigenvalue weighted by atomic mass is 35.5. The van der Waals surface area contributed by atoms with Crippen molar-refractivity contribution in [2.75, 3.05) is 6.54 Å². The minimum absolute atomic E-state index is 0. The molecule has 0 aliphatic heterocycles. The molecule has 1 saturated carbocycles. The number of non-ortho nitro benzene ring substituents is 1. The van der Waals surface area contributed by atoms with E-state index in [4.69, 9.17) is 5.73 Å². The maximum absolute atomic E-state index is 12.3. The zero-order chi connectivity index (χ0) is 14.9. The second-order valence-electron chi connectivity index (χ2n) is 5.01. The number of aryl methyl sites for hydroxylation is 1. The summed E-state index contributed by atoms with van der Waals surface area (Å²) in [6, 6.07) is 3.44. The monoisotopic (exact) mass is 335 g/mol. The number of nitrogens with two attached hydrogens (primary N) is 1. The van der Waals surface area contributed by atoms with Crippen molar-refractivity contribution >= 4 is 28.1 Å². The van der Waals surface area contributed by atoms with Crippen molar-refractivity contribution in [1.82, 2.24) is 4.72 Å². The normalized spacial score (nSPS) is 16.1. The second-order valence-corrected chi connectivity index (χ2v) is 6.69. The molecule has 1 aromatic rings. The Morgan fingerprint density at radius 3 is 2.52 bits per heavy atom. The van der Waals surface area contributed by atoms with Gasteiger partial charge in [0.2, 0.25) is 10.0 Å². The van der Waals surface area contributed by atoms with Crippen LogP contribution in [0.4, 0.5) is 5.69 Å². The summed E-state index contributed by atoms with van der Waals surface area (Å²) < 4.78 is 27.2. The molecule has 0 amide bonds. The molecule has 1 aliphatic carbocycles. The van der Waals surface area contributed by atoms with Crippen molar-refractivity contribution in [3.05, 3.63) is 33.9 Å². The Hall–Kier alpha value is -1.22. The molecule has 3 N–H and O–H groups in total. The molecule has 1 unspecified atom stereocenters. The molecule has 0 saturated heterocycles. The number of hydrogen-bond donors (Lipinski definition) is 2. The lowest BCUT2D eigenvalue weighted by Crippen LogP contribution is -2.41. The van der Waals surface area contributed by atoms with Gasteiger partial charge in [0.1, 0.15) is 0 Å². The SMILES string of the molecule is Cc1cc([N+](=O)[O-])ccc1S(=O)(=O)NC(CN)C1CC1.Cl. The molecule has 1 aliphatic rings. The predicted octanol–water partition coefficient (Wildman–Crippen LogP) is 1.34. The molecule has 2 rings (SSSR count). The topological polar surface area (TPSA) is 115 Å². The summed E-state index contributed by atoms with van der Waals surface area (Å²) in [5.74, 6) is 0.299. The first-order valence-electron chi connectivity index (χ1n) is 6.32. The Morgan fingerprint density at radius 2 is 2.10 bits per heavy atom. The van der Waals surface area contributed by atoms with Crippen LogP contribution < -0.4 is 10.5 Å². The molecular formula is C12H18ClN3O4S. The van der Waals surface area contributed by atoms with Gasteiger partial charge in [-0.05, 0) is 37.3 Å². The molecule has 21 heavy (non-hydrogen) atoms. The summed E-state index contributed by atoms with van der Waals surface area (Å²) in [5.41, 5.74) is 5.80. The molecule has 1 aromatic carbocycles. The fraction of sp³-hybridized carbons (Fsp3) is 0.500. The zero-order valence-corrected chi connectivity index (χ0v) is 13.1. The van der Waals surface area contributed by atoms with E-state index in [0.717, 1.165) is 12.8 Å². The molecule has 1 atom stereocenters. The summed E-state index contributed by atoms with van der Waals surface area (Å²) >= 11 is 0. The largest absolute Gasteiger partial charge is 0.329 e. The van der Waals surface area contributed by atoms with E-state index in [0.29, 0.717) is 11.5 Å². The first kappa shape index (κ1) is 17.8. The number of rotatable bonds is 6. The Labute approximate surface area is 129 Å². The second kappa shape index (κ2) is 6.69. The molecule has 0 bridgehead atoms. The molecule has 1 fully saturated rings. The third-order valence-electron chi connectivity index (χ3n) is 3.41. The minimum atomic E-state index is -3.70. The van der Waals surface area contributed by atoms with Gasteiger partial charge in [0.25, 0.3) is 5.69 Å². The summed E-state index contributed by atoms with van der Waals surface area (Å²) in [4.78, 5) is 10.2. The Balaban J connectivity index is 0.00000220. The van der Waals surface area contributed by atoms with Gasteiger partial charge >= 0.3 is 0 Å². The number of nitrogens with one attached hydrogen (secondary N) is 1. The van der Waals surface area contributed by atoms with Crippen LogP contribution >= 0.6 is 12.4 Å². The summed E-state index contributed by atoms with van der Waals surface area (Å²) in [6.45, 7) is 1.78. The number of nitro benzene ring substituents is 1. The number of nitro groups is 1. The Morgan fingerprint density at radius 1 is 1.48 bits per heavy atom. The first-order chi connectivity index (χ1) is 9.35. The standard InChI is InChI=1S/C12H17N3O4S.ClH/c1-8-6-10(15(16)17)4-5-12(8)20(18,19)14-11(7-13)9-2-3-9;/h4-6,9,11,14H,2-3,7,13H2,1H3;1H. The molecule has 0 aromatic heterocycles. The van der Waals surface area contributed by atoms with Crippen LogP contribution in [0.1, 0.15) is 18.4 Å². The van der Waals surface area contributed by atoms with Crippen molar-refractivity contribution in [3.8, 4) is 0 Å². The van der Waals surface area contributed by atoms with Crippen molar-refractivity contribution in [2.45, 2.75) is 30.7 Å². The maximum atomic E-state index is 12.3. The number of halogens is 1. The zero-order valence-electron chi connectivity index (χ0n) is 11.5. The minimum Gasteiger partial charge on any atom is -0.329 e. The van der Waals surface area contributed by atoms with Crippen LogP contribution in [-0.2, 0) is 10.0 Å². The molecule has 0 heterocycles. The van der Waals surface area contributed by atoms with Crippen LogP contribution in [-0.4, -0.2) is 25.9 Å². The molecule has 118 valence electrons. The summed E-state index contributed by atoms with van der Waals surface area (Å²) in [5, 5.41) is 10.7. The van der Waals surface area contributed by atoms with Gasteiger partial charge in [-0.3, -0.25) is 10.1 Å². The van der Waals surface area contributed by atoms with Gasteiger partial charge in [-0.25, -0.2) is 13.1 Å². The first-order valence-corrected chi connectivity index (χ1v) is 7.81. The smallest absolute Gasteiger partial charge is 0.269 e. The van der Waals surface area contributed by atoms with Gasteiger partial charge in [0.15, 0.2) is 0 Å². The van der Waals surface area contributed by atoms with Crippen LogP contribution in [0.15, 0.2) is 23.1 Å². The summed E-state index contributed by atoms with van der Waals surface area (Å²) in [7, 11) is -3.70. The van der Waals surface area contributed by atoms with Crippen molar-refractivity contribution < 1.29 is 13.3 Å². The van der Waals surface area contributed by atoms with Crippen LogP contribution in [0.3, 0.4) is 0 Å². The lowest BCUT2D eigenvalue weighted by atomic mass is 10.2. The molecular weight excluding hydrogens is 318 g/mol. The predicted molar refractivity (Wildman–Crippen MR) is 81.0 cm³/mol. The lowest BCUT2D eigenvalue weighted by Gasteiger charge is -2.17. The van der Waals surface area contributed by atoms with E-state index in [2.05, 4.69) is 4.72 Å². The molecule has 0 spiro atoms. The molecule has 7 nitrogen and oxygen atoms in total. The van der Waals surface area contributed by atoms with E-state index in [9.17, 15) is 18.5 Å². The third-order valence-corrected chi connectivity index (χ3v) is 5.06. The van der Waals surface area contributed by atoms with Crippen LogP contribution in [0.2, 0.25) is 0 Å². The number of benzene rings is 1. The van der Waals surface area contributed by atoms with E-state index in [1.807, 2.05) is 0 Å². The van der Waals surface area contributed by atoms with E-state index < -0.39 is 14.9 Å². The fourth-order valence-electron chi connectivity index (χ4n) is 2.15. The van der Waals surface area contributed by atoms with Crippen LogP contribution in [0.5, 0.6) is 0 Å². The van der Waals surface area contributed by atoms with Gasteiger partial charge in [-0.15, -0.1) is 12.4 Å². The van der Waals surface area contributed by atoms with Gasteiger partial charge in [0, 0.05) is 24.7 Å². The third kappa shape index (κ3) is 4.13. The number of sulfonamides is 1. The van der Waals surface area contributed by atoms with Gasteiger partial charge in [-0.1, -0.05) is 0 Å². The number of nitrogens with zero attached hydrogens (tertiary/aromatic N) is 1. The number of hydrogen-bond acceptors (Lipinski definition) is 5. The highest BCUT2D eigenvalue weighted by Gasteiger charge is 2.33. The van der Waals surface area contributed by atoms with Crippen LogP contribution in [0.25, 0.3) is 0 Å². The van der Waals surface area contributed by atoms with E-state index in [1.165, 1.54) is 25.1 Å². The highest BCUT2D eigenvalue weighted by molar-refractivity contribution is 7.89. The van der Waals surface area contributed by atoms with Gasteiger partial charge < -0.3 is 5.73 Å². The Kier molecular flexibility index (Phi) is 5.68. The fourth-order valence-corrected chi connectivity index (χ4v) is 3.69. The average Bonchev–Trinajstić information content (AvgIpc) is 3.19. The van der Waals surface area contributed by atoms with Gasteiger partial charge in [-0.2, -0.15) is 0 Å². The van der Waals surface area contributed by atoms with E-state index in [-0.39, 0.29) is 35.6 Å². The van der Waals surface area contributed by atoms with E-state index in [1.54, 1.807) is 0 Å². The van der Waals surface area contributed by atoms with E-state index >= 15 is 0 Å².